The number of anilines is 1. The Labute approximate surface area is 216 Å². The topological polar surface area (TPSA) is 86.8 Å². The minimum absolute atomic E-state index is 0.0795. The van der Waals surface area contributed by atoms with Gasteiger partial charge in [0.05, 0.1) is 10.6 Å². The molecule has 0 aliphatic carbocycles. The van der Waals surface area contributed by atoms with Crippen molar-refractivity contribution in [2.75, 3.05) is 37.3 Å². The average Bonchev–Trinajstić information content (AvgIpc) is 2.91. The molecule has 1 heterocycles. The molecular formula is C28H28FN3O4S. The maximum absolute atomic E-state index is 13.8. The standard InChI is InChI=1S/C28H28FN3O4S/c1-3-20-9-11-22(12-10-20)27(33)30-26(21-7-5-4-6-8-21)28(34)32-17-15-31(16-18-32)24-14-13-23(29)19-25(24)37(2,35)36/h3-14,19,26H,1,15-18H2,2H3,(H,30,33)/t26-/m1/s1. The van der Waals surface area contributed by atoms with Gasteiger partial charge in [-0.1, -0.05) is 55.1 Å². The molecule has 0 spiro atoms. The highest BCUT2D eigenvalue weighted by atomic mass is 32.2. The van der Waals surface area contributed by atoms with Crippen LogP contribution in [0.15, 0.2) is 84.3 Å². The highest BCUT2D eigenvalue weighted by Crippen LogP contribution is 2.28. The van der Waals surface area contributed by atoms with E-state index < -0.39 is 21.7 Å². The molecule has 4 rings (SSSR count). The fraction of sp³-hybridized carbons (Fsp3) is 0.214. The van der Waals surface area contributed by atoms with Gasteiger partial charge in [0.25, 0.3) is 5.91 Å². The molecular weight excluding hydrogens is 493 g/mol. The number of nitrogens with one attached hydrogen (secondary N) is 1. The highest BCUT2D eigenvalue weighted by molar-refractivity contribution is 7.90. The van der Waals surface area contributed by atoms with Crippen LogP contribution in [-0.2, 0) is 14.6 Å². The molecule has 2 amide bonds. The van der Waals surface area contributed by atoms with Crippen molar-refractivity contribution in [1.82, 2.24) is 10.2 Å². The van der Waals surface area contributed by atoms with E-state index in [4.69, 9.17) is 0 Å². The summed E-state index contributed by atoms with van der Waals surface area (Å²) in [5.41, 5.74) is 2.37. The largest absolute Gasteiger partial charge is 0.367 e. The van der Waals surface area contributed by atoms with Crippen molar-refractivity contribution >= 4 is 33.4 Å². The Balaban J connectivity index is 1.52. The zero-order valence-electron chi connectivity index (χ0n) is 20.4. The first kappa shape index (κ1) is 26.1. The molecule has 1 saturated heterocycles. The van der Waals surface area contributed by atoms with Crippen LogP contribution in [0.1, 0.15) is 27.5 Å². The van der Waals surface area contributed by atoms with E-state index in [0.29, 0.717) is 43.0 Å². The third kappa shape index (κ3) is 6.06. The number of halogens is 1. The number of carbonyl (C=O) groups is 2. The van der Waals surface area contributed by atoms with Crippen LogP contribution in [0.5, 0.6) is 0 Å². The van der Waals surface area contributed by atoms with Gasteiger partial charge in [0.2, 0.25) is 5.91 Å². The van der Waals surface area contributed by atoms with E-state index in [9.17, 15) is 22.4 Å². The number of nitrogens with zero attached hydrogens (tertiary/aromatic N) is 2. The molecule has 1 atom stereocenters. The van der Waals surface area contributed by atoms with Crippen LogP contribution in [-0.4, -0.2) is 57.6 Å². The molecule has 1 aliphatic heterocycles. The van der Waals surface area contributed by atoms with Crippen molar-refractivity contribution in [1.29, 1.82) is 0 Å². The maximum Gasteiger partial charge on any atom is 0.252 e. The molecule has 9 heteroatoms. The van der Waals surface area contributed by atoms with Crippen LogP contribution in [0.2, 0.25) is 0 Å². The second kappa shape index (κ2) is 11.0. The monoisotopic (exact) mass is 521 g/mol. The Morgan fingerprint density at radius 1 is 0.973 bits per heavy atom. The summed E-state index contributed by atoms with van der Waals surface area (Å²) in [6.45, 7) is 5.06. The third-order valence-corrected chi connectivity index (χ3v) is 7.44. The number of amides is 2. The Bertz CT molecular complexity index is 1400. The van der Waals surface area contributed by atoms with Crippen molar-refractivity contribution in [2.24, 2.45) is 0 Å². The molecule has 0 aromatic heterocycles. The zero-order chi connectivity index (χ0) is 26.6. The first-order valence-corrected chi connectivity index (χ1v) is 13.7. The van der Waals surface area contributed by atoms with Gasteiger partial charge >= 0.3 is 0 Å². The number of carbonyl (C=O) groups excluding carboxylic acids is 2. The van der Waals surface area contributed by atoms with E-state index in [1.165, 1.54) is 12.1 Å². The molecule has 0 unspecified atom stereocenters. The van der Waals surface area contributed by atoms with E-state index in [2.05, 4.69) is 11.9 Å². The summed E-state index contributed by atoms with van der Waals surface area (Å²) >= 11 is 0. The van der Waals surface area contributed by atoms with E-state index in [0.717, 1.165) is 17.9 Å². The lowest BCUT2D eigenvalue weighted by molar-refractivity contribution is -0.133. The van der Waals surface area contributed by atoms with Crippen molar-refractivity contribution in [3.05, 3.63) is 102 Å². The fourth-order valence-electron chi connectivity index (χ4n) is 4.31. The second-order valence-corrected chi connectivity index (χ2v) is 10.8. The van der Waals surface area contributed by atoms with E-state index in [-0.39, 0.29) is 16.7 Å². The molecule has 0 saturated carbocycles. The van der Waals surface area contributed by atoms with Gasteiger partial charge in [-0.3, -0.25) is 9.59 Å². The van der Waals surface area contributed by atoms with Crippen LogP contribution in [0.25, 0.3) is 6.08 Å². The normalized spacial score (nSPS) is 14.6. The molecule has 0 bridgehead atoms. The molecule has 37 heavy (non-hydrogen) atoms. The maximum atomic E-state index is 13.8. The molecule has 1 aliphatic rings. The Kier molecular flexibility index (Phi) is 7.73. The minimum Gasteiger partial charge on any atom is -0.367 e. The zero-order valence-corrected chi connectivity index (χ0v) is 21.2. The summed E-state index contributed by atoms with van der Waals surface area (Å²) in [5, 5.41) is 2.87. The summed E-state index contributed by atoms with van der Waals surface area (Å²) < 4.78 is 38.2. The SMILES string of the molecule is C=Cc1ccc(C(=O)N[C@@H](C(=O)N2CCN(c3ccc(F)cc3S(C)(=O)=O)CC2)c2ccccc2)cc1. The van der Waals surface area contributed by atoms with Crippen LogP contribution in [0, 0.1) is 5.82 Å². The van der Waals surface area contributed by atoms with Gasteiger partial charge < -0.3 is 15.1 Å². The van der Waals surface area contributed by atoms with Gasteiger partial charge in [0.15, 0.2) is 9.84 Å². The van der Waals surface area contributed by atoms with Crippen molar-refractivity contribution in [3.8, 4) is 0 Å². The highest BCUT2D eigenvalue weighted by Gasteiger charge is 2.31. The Morgan fingerprint density at radius 2 is 1.62 bits per heavy atom. The quantitative estimate of drug-likeness (QED) is 0.513. The fourth-order valence-corrected chi connectivity index (χ4v) is 5.22. The first-order chi connectivity index (χ1) is 17.7. The third-order valence-electron chi connectivity index (χ3n) is 6.32. The Hall–Kier alpha value is -3.98. The average molecular weight is 522 g/mol. The predicted molar refractivity (Wildman–Crippen MR) is 141 cm³/mol. The van der Waals surface area contributed by atoms with E-state index in [1.807, 2.05) is 11.0 Å². The molecule has 0 radical (unpaired) electrons. The van der Waals surface area contributed by atoms with Gasteiger partial charge in [-0.2, -0.15) is 0 Å². The number of sulfone groups is 1. The van der Waals surface area contributed by atoms with Gasteiger partial charge in [-0.15, -0.1) is 0 Å². The van der Waals surface area contributed by atoms with E-state index in [1.54, 1.807) is 59.5 Å². The van der Waals surface area contributed by atoms with Crippen molar-refractivity contribution in [3.63, 3.8) is 0 Å². The number of benzene rings is 3. The summed E-state index contributed by atoms with van der Waals surface area (Å²) in [5.74, 6) is -1.26. The lowest BCUT2D eigenvalue weighted by Gasteiger charge is -2.38. The summed E-state index contributed by atoms with van der Waals surface area (Å²) in [4.78, 5) is 30.0. The number of hydrogen-bond donors (Lipinski definition) is 1. The van der Waals surface area contributed by atoms with Crippen molar-refractivity contribution in [2.45, 2.75) is 10.9 Å². The predicted octanol–water partition coefficient (Wildman–Crippen LogP) is 3.69. The van der Waals surface area contributed by atoms with Gasteiger partial charge in [-0.25, -0.2) is 12.8 Å². The molecule has 1 N–H and O–H groups in total. The molecule has 1 fully saturated rings. The number of piperazine rings is 1. The van der Waals surface area contributed by atoms with Crippen LogP contribution < -0.4 is 10.2 Å². The van der Waals surface area contributed by atoms with Crippen LogP contribution in [0.3, 0.4) is 0 Å². The number of rotatable bonds is 7. The van der Waals surface area contributed by atoms with E-state index >= 15 is 0 Å². The lowest BCUT2D eigenvalue weighted by atomic mass is 10.0. The van der Waals surface area contributed by atoms with Crippen molar-refractivity contribution < 1.29 is 22.4 Å². The Morgan fingerprint density at radius 3 is 2.22 bits per heavy atom. The smallest absolute Gasteiger partial charge is 0.252 e. The van der Waals surface area contributed by atoms with Gasteiger partial charge in [0.1, 0.15) is 11.9 Å². The molecule has 3 aromatic rings. The second-order valence-electron chi connectivity index (χ2n) is 8.84. The number of hydrogen-bond acceptors (Lipinski definition) is 5. The molecule has 7 nitrogen and oxygen atoms in total. The summed E-state index contributed by atoms with van der Waals surface area (Å²) in [7, 11) is -3.64. The van der Waals surface area contributed by atoms with Crippen LogP contribution in [0.4, 0.5) is 10.1 Å². The minimum atomic E-state index is -3.64. The van der Waals surface area contributed by atoms with Gasteiger partial charge in [0, 0.05) is 38.0 Å². The first-order valence-electron chi connectivity index (χ1n) is 11.8. The summed E-state index contributed by atoms with van der Waals surface area (Å²) in [6.07, 6.45) is 2.73. The van der Waals surface area contributed by atoms with Crippen LogP contribution >= 0.6 is 0 Å². The molecule has 3 aromatic carbocycles. The lowest BCUT2D eigenvalue weighted by Crippen LogP contribution is -2.52. The summed E-state index contributed by atoms with van der Waals surface area (Å²) in [6, 6.07) is 18.7. The van der Waals surface area contributed by atoms with Gasteiger partial charge in [-0.05, 0) is 41.5 Å². The molecule has 192 valence electrons.